The first-order valence-electron chi connectivity index (χ1n) is 14.6. The molecule has 0 radical (unpaired) electrons. The second-order valence-electron chi connectivity index (χ2n) is 10.8. The normalized spacial score (nSPS) is 18.9. The van der Waals surface area contributed by atoms with Crippen molar-refractivity contribution in [3.8, 4) is 23.0 Å². The number of hydrogen-bond acceptors (Lipinski definition) is 8. The number of aliphatic hydroxyl groups excluding tert-OH is 2. The van der Waals surface area contributed by atoms with Gasteiger partial charge in [-0.05, 0) is 42.8 Å². The van der Waals surface area contributed by atoms with Gasteiger partial charge in [-0.2, -0.15) is 0 Å². The predicted molar refractivity (Wildman–Crippen MR) is 164 cm³/mol. The van der Waals surface area contributed by atoms with Crippen LogP contribution in [-0.4, -0.2) is 46.0 Å². The van der Waals surface area contributed by atoms with E-state index in [0.29, 0.717) is 17.9 Å². The molecule has 2 N–H and O–H groups in total. The molecule has 0 aliphatic carbocycles. The van der Waals surface area contributed by atoms with E-state index in [0.717, 1.165) is 20.9 Å². The van der Waals surface area contributed by atoms with E-state index in [-0.39, 0.29) is 41.6 Å². The molecule has 45 heavy (non-hydrogen) atoms. The molecule has 10 heteroatoms. The Bertz CT molecular complexity index is 1670. The molecular formula is C35H30N2O8. The highest BCUT2D eigenvalue weighted by Crippen LogP contribution is 2.44. The SMILES string of the molecule is CCC(c1ccccc1Oc1ccccc1N1C(=O)CC(O)C1=O)c1ccccc1Oc1ccccc1N1C(=O)CC(O)C1=O. The number of ether oxygens (including phenoxy) is 2. The first kappa shape index (κ1) is 29.7. The van der Waals surface area contributed by atoms with E-state index in [9.17, 15) is 29.4 Å². The van der Waals surface area contributed by atoms with Crippen LogP contribution < -0.4 is 19.3 Å². The lowest BCUT2D eigenvalue weighted by Crippen LogP contribution is -2.32. The van der Waals surface area contributed by atoms with E-state index in [4.69, 9.17) is 9.47 Å². The summed E-state index contributed by atoms with van der Waals surface area (Å²) in [5, 5.41) is 20.0. The molecule has 4 aromatic carbocycles. The van der Waals surface area contributed by atoms with Crippen LogP contribution in [-0.2, 0) is 19.2 Å². The highest BCUT2D eigenvalue weighted by atomic mass is 16.5. The molecule has 2 unspecified atom stereocenters. The van der Waals surface area contributed by atoms with Crippen molar-refractivity contribution in [2.24, 2.45) is 0 Å². The maximum atomic E-state index is 12.6. The number of para-hydroxylation sites is 6. The average Bonchev–Trinajstić information content (AvgIpc) is 3.45. The Morgan fingerprint density at radius 2 is 0.956 bits per heavy atom. The van der Waals surface area contributed by atoms with Crippen molar-refractivity contribution in [3.63, 3.8) is 0 Å². The van der Waals surface area contributed by atoms with Crippen LogP contribution >= 0.6 is 0 Å². The lowest BCUT2D eigenvalue weighted by molar-refractivity contribution is -0.125. The fourth-order valence-electron chi connectivity index (χ4n) is 5.76. The molecule has 2 heterocycles. The number of rotatable bonds is 9. The molecule has 0 spiro atoms. The van der Waals surface area contributed by atoms with E-state index in [1.807, 2.05) is 43.3 Å². The number of amides is 4. The largest absolute Gasteiger partial charge is 0.455 e. The molecule has 0 saturated carbocycles. The van der Waals surface area contributed by atoms with Crippen LogP contribution in [0.25, 0.3) is 0 Å². The number of anilines is 2. The van der Waals surface area contributed by atoms with Crippen molar-refractivity contribution < 1.29 is 38.9 Å². The topological polar surface area (TPSA) is 134 Å². The molecule has 228 valence electrons. The maximum absolute atomic E-state index is 12.6. The number of aliphatic hydroxyl groups is 2. The second-order valence-corrected chi connectivity index (χ2v) is 10.8. The molecule has 2 fully saturated rings. The Kier molecular flexibility index (Phi) is 8.16. The highest BCUT2D eigenvalue weighted by Gasteiger charge is 2.41. The molecule has 0 aromatic heterocycles. The molecule has 10 nitrogen and oxygen atoms in total. The summed E-state index contributed by atoms with van der Waals surface area (Å²) in [6.45, 7) is 2.02. The van der Waals surface area contributed by atoms with Gasteiger partial charge in [0.05, 0.1) is 24.2 Å². The number of carbonyl (C=O) groups excluding carboxylic acids is 4. The van der Waals surface area contributed by atoms with Crippen molar-refractivity contribution >= 4 is 35.0 Å². The van der Waals surface area contributed by atoms with Gasteiger partial charge in [-0.3, -0.25) is 19.2 Å². The van der Waals surface area contributed by atoms with Crippen molar-refractivity contribution in [3.05, 3.63) is 108 Å². The third-order valence-electron chi connectivity index (χ3n) is 7.89. The Morgan fingerprint density at radius 1 is 0.600 bits per heavy atom. The number of imide groups is 2. The van der Waals surface area contributed by atoms with Gasteiger partial charge in [-0.1, -0.05) is 67.6 Å². The molecule has 2 atom stereocenters. The van der Waals surface area contributed by atoms with Gasteiger partial charge in [-0.15, -0.1) is 0 Å². The summed E-state index contributed by atoms with van der Waals surface area (Å²) in [5.74, 6) is -1.13. The zero-order valence-corrected chi connectivity index (χ0v) is 24.3. The monoisotopic (exact) mass is 606 g/mol. The number of hydrogen-bond donors (Lipinski definition) is 2. The zero-order chi connectivity index (χ0) is 31.7. The van der Waals surface area contributed by atoms with Crippen molar-refractivity contribution in [2.75, 3.05) is 9.80 Å². The van der Waals surface area contributed by atoms with Gasteiger partial charge in [0.2, 0.25) is 11.8 Å². The highest BCUT2D eigenvalue weighted by molar-refractivity contribution is 6.23. The third kappa shape index (κ3) is 5.57. The fraction of sp³-hybridized carbons (Fsp3) is 0.200. The average molecular weight is 607 g/mol. The van der Waals surface area contributed by atoms with Gasteiger partial charge >= 0.3 is 0 Å². The lowest BCUT2D eigenvalue weighted by atomic mass is 9.88. The van der Waals surface area contributed by atoms with E-state index in [2.05, 4.69) is 0 Å². The Balaban J connectivity index is 1.35. The smallest absolute Gasteiger partial charge is 0.263 e. The van der Waals surface area contributed by atoms with Crippen LogP contribution in [0.15, 0.2) is 97.1 Å². The third-order valence-corrected chi connectivity index (χ3v) is 7.89. The van der Waals surface area contributed by atoms with E-state index < -0.39 is 35.8 Å². The molecule has 0 bridgehead atoms. The Hall–Kier alpha value is -5.32. The summed E-state index contributed by atoms with van der Waals surface area (Å²) in [5.41, 5.74) is 2.10. The molecular weight excluding hydrogens is 576 g/mol. The van der Waals surface area contributed by atoms with E-state index in [1.165, 1.54) is 0 Å². The molecule has 2 aliphatic heterocycles. The molecule has 2 aliphatic rings. The molecule has 4 amide bonds. The van der Waals surface area contributed by atoms with Crippen molar-refractivity contribution in [1.29, 1.82) is 0 Å². The summed E-state index contributed by atoms with van der Waals surface area (Å²) >= 11 is 0. The van der Waals surface area contributed by atoms with Crippen LogP contribution in [0.5, 0.6) is 23.0 Å². The molecule has 6 rings (SSSR count). The number of carbonyl (C=O) groups is 4. The Morgan fingerprint density at radius 3 is 1.31 bits per heavy atom. The van der Waals surface area contributed by atoms with Crippen LogP contribution in [0, 0.1) is 0 Å². The summed E-state index contributed by atoms with van der Waals surface area (Å²) in [6.07, 6.45) is -2.73. The summed E-state index contributed by atoms with van der Waals surface area (Å²) in [4.78, 5) is 52.3. The van der Waals surface area contributed by atoms with Crippen LogP contribution in [0.1, 0.15) is 43.2 Å². The van der Waals surface area contributed by atoms with Crippen LogP contribution in [0.3, 0.4) is 0 Å². The first-order valence-corrected chi connectivity index (χ1v) is 14.6. The molecule has 4 aromatic rings. The fourth-order valence-corrected chi connectivity index (χ4v) is 5.76. The summed E-state index contributed by atoms with van der Waals surface area (Å²) in [7, 11) is 0. The van der Waals surface area contributed by atoms with Gasteiger partial charge in [0.1, 0.15) is 23.7 Å². The number of benzene rings is 4. The van der Waals surface area contributed by atoms with E-state index >= 15 is 0 Å². The Labute approximate surface area is 259 Å². The van der Waals surface area contributed by atoms with Crippen molar-refractivity contribution in [2.45, 2.75) is 44.3 Å². The van der Waals surface area contributed by atoms with Crippen molar-refractivity contribution in [1.82, 2.24) is 0 Å². The second kappa shape index (κ2) is 12.4. The number of nitrogens with zero attached hydrogens (tertiary/aromatic N) is 2. The minimum absolute atomic E-state index is 0.239. The summed E-state index contributed by atoms with van der Waals surface area (Å²) < 4.78 is 12.8. The van der Waals surface area contributed by atoms with Gasteiger partial charge in [0.15, 0.2) is 11.5 Å². The van der Waals surface area contributed by atoms with Gasteiger partial charge < -0.3 is 19.7 Å². The van der Waals surface area contributed by atoms with E-state index in [1.54, 1.807) is 60.7 Å². The standard InChI is InChI=1S/C35H30N2O8/c1-2-21(22-11-3-7-15-28(22)44-30-17-9-5-13-24(30)36-32(40)19-26(38)34(36)42)23-12-4-8-16-29(23)45-31-18-10-6-14-25(31)37-33(41)20-27(39)35(37)43/h3-18,21,26-27,38-39H,2,19-20H2,1H3. The molecule has 2 saturated heterocycles. The van der Waals surface area contributed by atoms with Gasteiger partial charge in [0, 0.05) is 17.0 Å². The lowest BCUT2D eigenvalue weighted by Gasteiger charge is -2.24. The summed E-state index contributed by atoms with van der Waals surface area (Å²) in [6, 6.07) is 28.2. The zero-order valence-electron chi connectivity index (χ0n) is 24.3. The first-order chi connectivity index (χ1) is 21.8. The quantitative estimate of drug-likeness (QED) is 0.253. The minimum atomic E-state index is -1.39. The van der Waals surface area contributed by atoms with Gasteiger partial charge in [0.25, 0.3) is 11.8 Å². The van der Waals surface area contributed by atoms with Crippen LogP contribution in [0.4, 0.5) is 11.4 Å². The predicted octanol–water partition coefficient (Wildman–Crippen LogP) is 5.06. The minimum Gasteiger partial charge on any atom is -0.455 e. The van der Waals surface area contributed by atoms with Gasteiger partial charge in [-0.25, -0.2) is 9.80 Å². The maximum Gasteiger partial charge on any atom is 0.263 e. The van der Waals surface area contributed by atoms with Crippen LogP contribution in [0.2, 0.25) is 0 Å².